The highest BCUT2D eigenvalue weighted by Gasteiger charge is 2.45. The Bertz CT molecular complexity index is 753. The van der Waals surface area contributed by atoms with E-state index in [1.165, 1.54) is 12.1 Å². The van der Waals surface area contributed by atoms with Crippen molar-refractivity contribution in [3.05, 3.63) is 35.4 Å². The molecule has 2 heterocycles. The van der Waals surface area contributed by atoms with E-state index in [1.807, 2.05) is 0 Å². The molecule has 0 radical (unpaired) electrons. The molecule has 0 aliphatic carbocycles. The number of imide groups is 1. The summed E-state index contributed by atoms with van der Waals surface area (Å²) in [5.74, 6) is -4.83. The van der Waals surface area contributed by atoms with Crippen molar-refractivity contribution < 1.29 is 27.9 Å². The average molecular weight is 380 g/mol. The number of amides is 3. The highest BCUT2D eigenvalue weighted by atomic mass is 19.3. The average Bonchev–Trinajstić information content (AvgIpc) is 2.77. The van der Waals surface area contributed by atoms with Crippen molar-refractivity contribution in [2.75, 3.05) is 19.6 Å². The Morgan fingerprint density at radius 1 is 1.19 bits per heavy atom. The van der Waals surface area contributed by atoms with E-state index in [1.54, 1.807) is 32.9 Å². The van der Waals surface area contributed by atoms with Crippen LogP contribution in [0.1, 0.15) is 47.9 Å². The number of benzene rings is 1. The summed E-state index contributed by atoms with van der Waals surface area (Å²) >= 11 is 0. The van der Waals surface area contributed by atoms with Crippen molar-refractivity contribution in [3.63, 3.8) is 0 Å². The van der Waals surface area contributed by atoms with Gasteiger partial charge in [0.15, 0.2) is 0 Å². The lowest BCUT2D eigenvalue weighted by atomic mass is 9.95. The van der Waals surface area contributed by atoms with Crippen LogP contribution in [-0.4, -0.2) is 58.9 Å². The normalized spacial score (nSPS) is 22.0. The highest BCUT2D eigenvalue weighted by Crippen LogP contribution is 2.33. The molecule has 8 heteroatoms. The van der Waals surface area contributed by atoms with Crippen molar-refractivity contribution >= 4 is 17.9 Å². The molecule has 1 saturated heterocycles. The molecular weight excluding hydrogens is 358 g/mol. The van der Waals surface area contributed by atoms with E-state index < -0.39 is 48.3 Å². The number of piperidine rings is 1. The van der Waals surface area contributed by atoms with Gasteiger partial charge in [-0.1, -0.05) is 12.1 Å². The SMILES string of the molecule is CC(C)(C)OC(=O)N1CC(CN2C(=O)c3ccccc3C2=O)CC(F)(F)C1. The monoisotopic (exact) mass is 380 g/mol. The lowest BCUT2D eigenvalue weighted by Gasteiger charge is -2.39. The maximum atomic E-state index is 14.2. The second-order valence-corrected chi connectivity index (χ2v) is 8.05. The van der Waals surface area contributed by atoms with Crippen molar-refractivity contribution in [2.45, 2.75) is 38.7 Å². The third kappa shape index (κ3) is 4.09. The zero-order valence-corrected chi connectivity index (χ0v) is 15.5. The quantitative estimate of drug-likeness (QED) is 0.739. The largest absolute Gasteiger partial charge is 0.444 e. The molecule has 0 spiro atoms. The number of halogens is 2. The Hall–Kier alpha value is -2.51. The van der Waals surface area contributed by atoms with Crippen LogP contribution in [0.3, 0.4) is 0 Å². The molecular formula is C19H22F2N2O4. The first-order valence-electron chi connectivity index (χ1n) is 8.78. The Balaban J connectivity index is 1.74. The molecule has 1 aromatic carbocycles. The Morgan fingerprint density at radius 3 is 2.26 bits per heavy atom. The number of alkyl halides is 2. The number of rotatable bonds is 2. The van der Waals surface area contributed by atoms with E-state index in [9.17, 15) is 23.2 Å². The molecule has 0 N–H and O–H groups in total. The summed E-state index contributed by atoms with van der Waals surface area (Å²) in [5, 5.41) is 0. The van der Waals surface area contributed by atoms with E-state index >= 15 is 0 Å². The molecule has 27 heavy (non-hydrogen) atoms. The number of likely N-dealkylation sites (tertiary alicyclic amines) is 1. The van der Waals surface area contributed by atoms with Crippen LogP contribution in [0.15, 0.2) is 24.3 Å². The Kier molecular flexibility index (Phi) is 4.69. The second-order valence-electron chi connectivity index (χ2n) is 8.05. The molecule has 0 bridgehead atoms. The molecule has 1 aromatic rings. The molecule has 1 fully saturated rings. The minimum absolute atomic E-state index is 0.00207. The summed E-state index contributed by atoms with van der Waals surface area (Å²) in [6, 6.07) is 6.37. The van der Waals surface area contributed by atoms with E-state index in [-0.39, 0.29) is 24.2 Å². The van der Waals surface area contributed by atoms with Gasteiger partial charge < -0.3 is 9.64 Å². The summed E-state index contributed by atoms with van der Waals surface area (Å²) in [5.41, 5.74) is -0.259. The van der Waals surface area contributed by atoms with Crippen LogP contribution < -0.4 is 0 Å². The van der Waals surface area contributed by atoms with Gasteiger partial charge in [-0.2, -0.15) is 0 Å². The summed E-state index contributed by atoms with van der Waals surface area (Å²) in [7, 11) is 0. The number of hydrogen-bond donors (Lipinski definition) is 0. The second kappa shape index (κ2) is 6.58. The van der Waals surface area contributed by atoms with E-state index in [2.05, 4.69) is 0 Å². The molecule has 146 valence electrons. The molecule has 0 aromatic heterocycles. The van der Waals surface area contributed by atoms with Gasteiger partial charge in [-0.15, -0.1) is 0 Å². The van der Waals surface area contributed by atoms with Gasteiger partial charge >= 0.3 is 6.09 Å². The fourth-order valence-electron chi connectivity index (χ4n) is 3.46. The van der Waals surface area contributed by atoms with Gasteiger partial charge in [0.2, 0.25) is 0 Å². The lowest BCUT2D eigenvalue weighted by Crippen LogP contribution is -2.53. The van der Waals surface area contributed by atoms with Gasteiger partial charge in [-0.05, 0) is 32.9 Å². The van der Waals surface area contributed by atoms with E-state index in [0.29, 0.717) is 0 Å². The fraction of sp³-hybridized carbons (Fsp3) is 0.526. The minimum atomic E-state index is -3.11. The zero-order valence-electron chi connectivity index (χ0n) is 15.5. The molecule has 1 atom stereocenters. The first kappa shape index (κ1) is 19.3. The van der Waals surface area contributed by atoms with Crippen molar-refractivity contribution in [1.82, 2.24) is 9.80 Å². The van der Waals surface area contributed by atoms with Gasteiger partial charge in [0, 0.05) is 25.4 Å². The Labute approximate surface area is 156 Å². The van der Waals surface area contributed by atoms with Crippen LogP contribution in [0.2, 0.25) is 0 Å². The van der Waals surface area contributed by atoms with Crippen molar-refractivity contribution in [2.24, 2.45) is 5.92 Å². The molecule has 3 amide bonds. The highest BCUT2D eigenvalue weighted by molar-refractivity contribution is 6.21. The van der Waals surface area contributed by atoms with Crippen molar-refractivity contribution in [3.8, 4) is 0 Å². The molecule has 1 unspecified atom stereocenters. The molecule has 0 saturated carbocycles. The lowest BCUT2D eigenvalue weighted by molar-refractivity contribution is -0.0883. The summed E-state index contributed by atoms with van der Waals surface area (Å²) in [6.07, 6.45) is -1.33. The number of hydrogen-bond acceptors (Lipinski definition) is 4. The number of carbonyl (C=O) groups is 3. The molecule has 2 aliphatic heterocycles. The predicted molar refractivity (Wildman–Crippen MR) is 92.7 cm³/mol. The van der Waals surface area contributed by atoms with Gasteiger partial charge in [-0.25, -0.2) is 13.6 Å². The van der Waals surface area contributed by atoms with E-state index in [4.69, 9.17) is 4.74 Å². The van der Waals surface area contributed by atoms with Crippen LogP contribution in [0.5, 0.6) is 0 Å². The van der Waals surface area contributed by atoms with Crippen molar-refractivity contribution in [1.29, 1.82) is 0 Å². The number of ether oxygens (including phenoxy) is 1. The number of fused-ring (bicyclic) bond motifs is 1. The molecule has 2 aliphatic rings. The summed E-state index contributed by atoms with van der Waals surface area (Å²) < 4.78 is 33.6. The van der Waals surface area contributed by atoms with Crippen LogP contribution in [-0.2, 0) is 4.74 Å². The summed E-state index contributed by atoms with van der Waals surface area (Å²) in [4.78, 5) is 39.1. The third-order valence-electron chi connectivity index (χ3n) is 4.46. The van der Waals surface area contributed by atoms with Crippen LogP contribution in [0.4, 0.5) is 13.6 Å². The Morgan fingerprint density at radius 2 is 1.74 bits per heavy atom. The smallest absolute Gasteiger partial charge is 0.410 e. The van der Waals surface area contributed by atoms with Crippen LogP contribution in [0.25, 0.3) is 0 Å². The molecule has 3 rings (SSSR count). The standard InChI is InChI=1S/C19H22F2N2O4/c1-18(2,3)27-17(26)22-9-12(8-19(20,21)11-22)10-23-15(24)13-6-4-5-7-14(13)16(23)25/h4-7,12H,8-11H2,1-3H3. The summed E-state index contributed by atoms with van der Waals surface area (Å²) in [6.45, 7) is 4.06. The predicted octanol–water partition coefficient (Wildman–Crippen LogP) is 3.17. The maximum absolute atomic E-state index is 14.2. The number of carbonyl (C=O) groups excluding carboxylic acids is 3. The fourth-order valence-corrected chi connectivity index (χ4v) is 3.46. The molecule has 6 nitrogen and oxygen atoms in total. The van der Waals surface area contributed by atoms with Gasteiger partial charge in [0.25, 0.3) is 17.7 Å². The minimum Gasteiger partial charge on any atom is -0.444 e. The zero-order chi connectivity index (χ0) is 20.0. The van der Waals surface area contributed by atoms with E-state index in [0.717, 1.165) is 9.80 Å². The van der Waals surface area contributed by atoms with Gasteiger partial charge in [0.05, 0.1) is 17.7 Å². The van der Waals surface area contributed by atoms with Crippen LogP contribution >= 0.6 is 0 Å². The first-order valence-corrected chi connectivity index (χ1v) is 8.78. The van der Waals surface area contributed by atoms with Gasteiger partial charge in [-0.3, -0.25) is 14.5 Å². The van der Waals surface area contributed by atoms with Crippen LogP contribution in [0, 0.1) is 5.92 Å². The number of nitrogens with zero attached hydrogens (tertiary/aromatic N) is 2. The maximum Gasteiger partial charge on any atom is 0.410 e. The van der Waals surface area contributed by atoms with Gasteiger partial charge in [0.1, 0.15) is 5.60 Å². The first-order chi connectivity index (χ1) is 12.5. The third-order valence-corrected chi connectivity index (χ3v) is 4.46. The topological polar surface area (TPSA) is 66.9 Å².